The number of amides is 2. The Labute approximate surface area is 192 Å². The van der Waals surface area contributed by atoms with E-state index < -0.39 is 28.8 Å². The topological polar surface area (TPSA) is 49.4 Å². The number of rotatable bonds is 2. The second-order valence-electron chi connectivity index (χ2n) is 11.0. The van der Waals surface area contributed by atoms with Gasteiger partial charge in [-0.05, 0) is 79.9 Å². The Kier molecular flexibility index (Phi) is 5.18. The zero-order valence-corrected chi connectivity index (χ0v) is 19.3. The molecule has 1 aromatic carbocycles. The van der Waals surface area contributed by atoms with Gasteiger partial charge in [0.1, 0.15) is 11.6 Å². The Morgan fingerprint density at radius 3 is 2.55 bits per heavy atom. The van der Waals surface area contributed by atoms with Gasteiger partial charge in [0.05, 0.1) is 5.69 Å². The summed E-state index contributed by atoms with van der Waals surface area (Å²) >= 11 is 0. The molecule has 33 heavy (non-hydrogen) atoms. The molecule has 0 spiro atoms. The molecule has 3 saturated carbocycles. The van der Waals surface area contributed by atoms with E-state index in [9.17, 15) is 22.8 Å². The number of anilines is 1. The molecule has 7 atom stereocenters. The number of nitrogens with zero attached hydrogens (tertiary/aromatic N) is 1. The number of carbonyl (C=O) groups is 2. The van der Waals surface area contributed by atoms with Crippen LogP contribution in [0.2, 0.25) is 0 Å². The van der Waals surface area contributed by atoms with Crippen LogP contribution in [-0.4, -0.2) is 29.8 Å². The summed E-state index contributed by atoms with van der Waals surface area (Å²) in [7, 11) is 1.70. The van der Waals surface area contributed by atoms with Gasteiger partial charge in [0.15, 0.2) is 5.83 Å². The number of nitrogens with one attached hydrogen (secondary N) is 1. The Morgan fingerprint density at radius 2 is 1.82 bits per heavy atom. The van der Waals surface area contributed by atoms with Crippen molar-refractivity contribution in [3.63, 3.8) is 0 Å². The molecule has 0 bridgehead atoms. The van der Waals surface area contributed by atoms with Crippen molar-refractivity contribution in [1.82, 2.24) is 4.90 Å². The molecule has 4 aliphatic rings. The predicted octanol–water partition coefficient (Wildman–Crippen LogP) is 5.46. The summed E-state index contributed by atoms with van der Waals surface area (Å²) in [4.78, 5) is 27.0. The van der Waals surface area contributed by atoms with Crippen molar-refractivity contribution in [2.24, 2.45) is 34.5 Å². The molecule has 178 valence electrons. The molecule has 5 rings (SSSR count). The molecular weight excluding hydrogens is 429 g/mol. The molecule has 2 amide bonds. The maximum absolute atomic E-state index is 14.5. The average molecular weight is 461 g/mol. The molecule has 1 aromatic rings. The highest BCUT2D eigenvalue weighted by Crippen LogP contribution is 2.65. The first-order chi connectivity index (χ1) is 15.6. The maximum Gasteiger partial charge on any atom is 0.282 e. The lowest BCUT2D eigenvalue weighted by molar-refractivity contribution is -0.144. The smallest absolute Gasteiger partial charge is 0.282 e. The van der Waals surface area contributed by atoms with E-state index in [0.717, 1.165) is 50.7 Å². The van der Waals surface area contributed by atoms with E-state index in [2.05, 4.69) is 19.2 Å². The summed E-state index contributed by atoms with van der Waals surface area (Å²) in [5.74, 6) is -2.16. The molecule has 0 unspecified atom stereocenters. The van der Waals surface area contributed by atoms with Crippen molar-refractivity contribution in [3.8, 4) is 0 Å². The van der Waals surface area contributed by atoms with Gasteiger partial charge in [0.2, 0.25) is 5.91 Å². The van der Waals surface area contributed by atoms with Gasteiger partial charge in [0.25, 0.3) is 5.91 Å². The monoisotopic (exact) mass is 460 g/mol. The lowest BCUT2D eigenvalue weighted by Crippen LogP contribution is -2.60. The fraction of sp³-hybridized carbons (Fsp3) is 0.615. The van der Waals surface area contributed by atoms with E-state index in [4.69, 9.17) is 0 Å². The fourth-order valence-electron chi connectivity index (χ4n) is 8.07. The Balaban J connectivity index is 1.39. The SMILES string of the molecule is CN1C(=O)C(F)=C[C@]2(C)[C@H]3CC[C@]4(C)[C@@H](C(=O)Nc5ccc(F)cc5F)CC[C@H]4[C@@H]3CC[C@@H]12. The first-order valence-electron chi connectivity index (χ1n) is 12.0. The maximum atomic E-state index is 14.5. The summed E-state index contributed by atoms with van der Waals surface area (Å²) < 4.78 is 41.9. The summed E-state index contributed by atoms with van der Waals surface area (Å²) in [6.45, 7) is 4.27. The number of carbonyl (C=O) groups excluding carboxylic acids is 2. The predicted molar refractivity (Wildman–Crippen MR) is 119 cm³/mol. The van der Waals surface area contributed by atoms with Crippen LogP contribution in [0.5, 0.6) is 0 Å². The van der Waals surface area contributed by atoms with Crippen LogP contribution < -0.4 is 5.32 Å². The summed E-state index contributed by atoms with van der Waals surface area (Å²) in [5, 5.41) is 2.69. The first-order valence-corrected chi connectivity index (χ1v) is 12.0. The molecule has 3 aliphatic carbocycles. The molecule has 0 aromatic heterocycles. The van der Waals surface area contributed by atoms with Crippen LogP contribution in [0.4, 0.5) is 18.9 Å². The van der Waals surface area contributed by atoms with Gasteiger partial charge < -0.3 is 10.2 Å². The number of likely N-dealkylation sites (N-methyl/N-ethyl adjacent to an activating group) is 1. The number of hydrogen-bond acceptors (Lipinski definition) is 2. The van der Waals surface area contributed by atoms with Crippen molar-refractivity contribution in [2.45, 2.75) is 58.4 Å². The van der Waals surface area contributed by atoms with E-state index in [1.165, 1.54) is 6.07 Å². The number of fused-ring (bicyclic) bond motifs is 5. The van der Waals surface area contributed by atoms with Crippen molar-refractivity contribution in [3.05, 3.63) is 41.7 Å². The summed E-state index contributed by atoms with van der Waals surface area (Å²) in [6.07, 6.45) is 6.69. The van der Waals surface area contributed by atoms with Crippen LogP contribution in [0.25, 0.3) is 0 Å². The van der Waals surface area contributed by atoms with Gasteiger partial charge in [-0.2, -0.15) is 0 Å². The van der Waals surface area contributed by atoms with Crippen LogP contribution in [0.3, 0.4) is 0 Å². The quantitative estimate of drug-likeness (QED) is 0.638. The first kappa shape index (κ1) is 22.5. The Morgan fingerprint density at radius 1 is 1.06 bits per heavy atom. The molecule has 0 radical (unpaired) electrons. The van der Waals surface area contributed by atoms with Crippen LogP contribution >= 0.6 is 0 Å². The van der Waals surface area contributed by atoms with Crippen LogP contribution in [0.1, 0.15) is 52.4 Å². The second kappa shape index (κ2) is 7.60. The minimum atomic E-state index is -0.775. The zero-order valence-electron chi connectivity index (χ0n) is 19.3. The Hall–Kier alpha value is -2.31. The van der Waals surface area contributed by atoms with E-state index >= 15 is 0 Å². The van der Waals surface area contributed by atoms with Crippen molar-refractivity contribution >= 4 is 17.5 Å². The minimum Gasteiger partial charge on any atom is -0.336 e. The third kappa shape index (κ3) is 3.25. The fourth-order valence-corrected chi connectivity index (χ4v) is 8.07. The second-order valence-corrected chi connectivity index (χ2v) is 11.0. The lowest BCUT2D eigenvalue weighted by Gasteiger charge is -2.60. The lowest BCUT2D eigenvalue weighted by atomic mass is 9.47. The molecule has 1 heterocycles. The largest absolute Gasteiger partial charge is 0.336 e. The Bertz CT molecular complexity index is 1040. The van der Waals surface area contributed by atoms with E-state index in [-0.39, 0.29) is 34.9 Å². The van der Waals surface area contributed by atoms with Gasteiger partial charge in [-0.1, -0.05) is 13.8 Å². The van der Waals surface area contributed by atoms with E-state index in [0.29, 0.717) is 11.8 Å². The molecule has 3 fully saturated rings. The van der Waals surface area contributed by atoms with Gasteiger partial charge in [-0.15, -0.1) is 0 Å². The minimum absolute atomic E-state index is 0.00273. The highest BCUT2D eigenvalue weighted by Gasteiger charge is 2.62. The number of hydrogen-bond donors (Lipinski definition) is 1. The highest BCUT2D eigenvalue weighted by molar-refractivity contribution is 5.93. The van der Waals surface area contributed by atoms with Crippen molar-refractivity contribution < 1.29 is 22.8 Å². The van der Waals surface area contributed by atoms with Crippen molar-refractivity contribution in [1.29, 1.82) is 0 Å². The highest BCUT2D eigenvalue weighted by atomic mass is 19.1. The van der Waals surface area contributed by atoms with Gasteiger partial charge in [-0.25, -0.2) is 13.2 Å². The third-order valence-electron chi connectivity index (χ3n) is 9.66. The van der Waals surface area contributed by atoms with E-state index in [1.54, 1.807) is 18.0 Å². The van der Waals surface area contributed by atoms with Gasteiger partial charge in [-0.3, -0.25) is 9.59 Å². The number of halogens is 3. The van der Waals surface area contributed by atoms with Crippen LogP contribution in [0.15, 0.2) is 30.1 Å². The number of benzene rings is 1. The van der Waals surface area contributed by atoms with E-state index in [1.807, 2.05) is 0 Å². The average Bonchev–Trinajstić information content (AvgIpc) is 3.11. The van der Waals surface area contributed by atoms with Crippen LogP contribution in [-0.2, 0) is 9.59 Å². The summed E-state index contributed by atoms with van der Waals surface area (Å²) in [6, 6.07) is 3.17. The molecular formula is C26H31F3N2O2. The molecule has 7 heteroatoms. The normalized spacial score (nSPS) is 39.9. The van der Waals surface area contributed by atoms with Crippen LogP contribution in [0, 0.1) is 46.1 Å². The van der Waals surface area contributed by atoms with Crippen molar-refractivity contribution in [2.75, 3.05) is 12.4 Å². The standard InChI is InChI=1S/C26H31F3N2O2/c1-25-11-10-17-15(5-9-22-26(17,2)13-20(29)24(33)31(22)3)16(25)6-7-18(25)23(32)30-21-8-4-14(27)12-19(21)28/h4,8,12-13,15-18,22H,5-7,9-11H2,1-3H3,(H,30,32)/t15-,16-,17-,18+,22+,25-,26+/m0/s1. The van der Waals surface area contributed by atoms with Gasteiger partial charge >= 0.3 is 0 Å². The molecule has 1 N–H and O–H groups in total. The third-order valence-corrected chi connectivity index (χ3v) is 9.66. The zero-order chi connectivity index (χ0) is 23.7. The molecule has 0 saturated heterocycles. The van der Waals surface area contributed by atoms with Gasteiger partial charge in [0, 0.05) is 30.5 Å². The molecule has 1 aliphatic heterocycles. The molecule has 4 nitrogen and oxygen atoms in total. The summed E-state index contributed by atoms with van der Waals surface area (Å²) in [5.41, 5.74) is -0.622.